The quantitative estimate of drug-likeness (QED) is 0.0178. The highest BCUT2D eigenvalue weighted by Crippen LogP contribution is 2.39. The van der Waals surface area contributed by atoms with Gasteiger partial charge >= 0.3 is 0 Å². The van der Waals surface area contributed by atoms with E-state index in [-0.39, 0.29) is 38.6 Å². The Morgan fingerprint density at radius 2 is 0.884 bits per heavy atom. The number of ether oxygens (including phenoxy) is 2. The highest BCUT2D eigenvalue weighted by Gasteiger charge is 2.31. The van der Waals surface area contributed by atoms with E-state index in [0.717, 1.165) is 78.4 Å². The number of nitrogens with zero attached hydrogens (tertiary/aromatic N) is 9. The van der Waals surface area contributed by atoms with Crippen LogP contribution < -0.4 is 33.2 Å². The molecule has 10 rings (SSSR count). The second kappa shape index (κ2) is 36.9. The number of nitrogen functional groups attached to an aromatic ring is 3. The molecule has 1 saturated carbocycles. The highest BCUT2D eigenvalue weighted by molar-refractivity contribution is 5.62. The maximum Gasteiger partial charge on any atom is 0.165 e. The third kappa shape index (κ3) is 20.8. The minimum atomic E-state index is -0.150. The van der Waals surface area contributed by atoms with E-state index in [1.54, 1.807) is 33.6 Å². The topological polar surface area (TPSA) is 321 Å². The molecule has 0 spiro atoms. The molecule has 0 radical (unpaired) electrons. The number of terminal acetylenes is 1. The summed E-state index contributed by atoms with van der Waals surface area (Å²) >= 11 is 0. The first kappa shape index (κ1) is 68.1. The Bertz CT molecular complexity index is 3350. The number of anilines is 6. The zero-order valence-corrected chi connectivity index (χ0v) is 50.0. The van der Waals surface area contributed by atoms with Crippen molar-refractivity contribution >= 4 is 58.6 Å². The van der Waals surface area contributed by atoms with E-state index in [2.05, 4.69) is 109 Å². The zero-order valence-electron chi connectivity index (χ0n) is 50.0. The SMILES string of the molecule is C#C.C=O.CC(C)c1cnn2c(NCc3ccccc3)cc(N)nc12.CC(OCC(CCO)C1CC1)c1cnn2c(NCc3ccccc3)cc(N)nc12.CC(OCCCCO)c1cnn2c(NCc3ccccc3)cc(N)nc12.OCCCCO. The number of carbonyl (C=O) groups is 1. The number of unbranched alkanes of at least 4 members (excludes halogenated alkanes) is 2. The van der Waals surface area contributed by atoms with Crippen molar-refractivity contribution in [3.05, 3.63) is 161 Å². The normalized spacial score (nSPS) is 12.6. The van der Waals surface area contributed by atoms with Crippen LogP contribution in [0.5, 0.6) is 0 Å². The van der Waals surface area contributed by atoms with Crippen LogP contribution in [0.25, 0.3) is 16.9 Å². The van der Waals surface area contributed by atoms with Crippen LogP contribution in [0, 0.1) is 24.7 Å². The first-order valence-electron chi connectivity index (χ1n) is 29.0. The Hall–Kier alpha value is -8.69. The summed E-state index contributed by atoms with van der Waals surface area (Å²) in [5.74, 6) is 5.29. The van der Waals surface area contributed by atoms with Crippen molar-refractivity contribution in [1.29, 1.82) is 0 Å². The average Bonchev–Trinajstić information content (AvgIpc) is 2.08. The molecule has 0 amide bonds. The van der Waals surface area contributed by atoms with Gasteiger partial charge < -0.3 is 67.8 Å². The summed E-state index contributed by atoms with van der Waals surface area (Å²) in [5, 5.41) is 57.9. The van der Waals surface area contributed by atoms with Crippen LogP contribution in [0.15, 0.2) is 128 Å². The molecule has 0 aliphatic heterocycles. The number of aliphatic hydroxyl groups is 4. The lowest BCUT2D eigenvalue weighted by Crippen LogP contribution is -2.15. The Labute approximate surface area is 504 Å². The van der Waals surface area contributed by atoms with Gasteiger partial charge in [0.2, 0.25) is 0 Å². The van der Waals surface area contributed by atoms with Gasteiger partial charge in [-0.3, -0.25) is 0 Å². The van der Waals surface area contributed by atoms with Crippen molar-refractivity contribution in [2.24, 2.45) is 11.8 Å². The van der Waals surface area contributed by atoms with Gasteiger partial charge in [-0.15, -0.1) is 12.8 Å². The van der Waals surface area contributed by atoms with Crippen LogP contribution in [-0.4, -0.2) is 111 Å². The minimum absolute atomic E-state index is 0.149. The monoisotopic (exact) mass is 1180 g/mol. The Balaban J connectivity index is 0.000000220. The first-order valence-corrected chi connectivity index (χ1v) is 29.0. The predicted molar refractivity (Wildman–Crippen MR) is 341 cm³/mol. The van der Waals surface area contributed by atoms with E-state index >= 15 is 0 Å². The van der Waals surface area contributed by atoms with Crippen molar-refractivity contribution in [3.63, 3.8) is 0 Å². The van der Waals surface area contributed by atoms with Gasteiger partial charge in [-0.25, -0.2) is 15.0 Å². The molecule has 22 nitrogen and oxygen atoms in total. The van der Waals surface area contributed by atoms with Crippen LogP contribution in [0.2, 0.25) is 0 Å². The molecule has 1 aliphatic carbocycles. The summed E-state index contributed by atoms with van der Waals surface area (Å²) in [5.41, 5.74) is 26.7. The number of benzene rings is 3. The minimum Gasteiger partial charge on any atom is -0.396 e. The third-order valence-corrected chi connectivity index (χ3v) is 13.8. The van der Waals surface area contributed by atoms with Gasteiger partial charge in [0.15, 0.2) is 16.9 Å². The molecule has 3 aromatic carbocycles. The molecule has 13 N–H and O–H groups in total. The summed E-state index contributed by atoms with van der Waals surface area (Å²) in [7, 11) is 0. The number of aromatic nitrogens is 9. The van der Waals surface area contributed by atoms with Crippen molar-refractivity contribution < 1.29 is 34.7 Å². The predicted octanol–water partition coefficient (Wildman–Crippen LogP) is 9.05. The van der Waals surface area contributed by atoms with Gasteiger partial charge in [0.25, 0.3) is 0 Å². The van der Waals surface area contributed by atoms with Gasteiger partial charge in [0, 0.05) is 87.6 Å². The van der Waals surface area contributed by atoms with E-state index in [0.29, 0.717) is 72.8 Å². The zero-order chi connectivity index (χ0) is 62.2. The van der Waals surface area contributed by atoms with Crippen LogP contribution in [0.4, 0.5) is 34.9 Å². The number of fused-ring (bicyclic) bond motifs is 3. The second-order valence-corrected chi connectivity index (χ2v) is 20.6. The van der Waals surface area contributed by atoms with E-state index in [1.165, 1.54) is 29.5 Å². The molecule has 3 unspecified atom stereocenters. The summed E-state index contributed by atoms with van der Waals surface area (Å²) in [6.07, 6.45) is 19.4. The van der Waals surface area contributed by atoms with Crippen molar-refractivity contribution in [1.82, 2.24) is 43.8 Å². The maximum atomic E-state index is 9.30. The van der Waals surface area contributed by atoms with Crippen LogP contribution in [-0.2, 0) is 33.9 Å². The lowest BCUT2D eigenvalue weighted by molar-refractivity contribution is -0.0980. The molecule has 22 heteroatoms. The Kier molecular flexibility index (Phi) is 29.2. The van der Waals surface area contributed by atoms with Gasteiger partial charge in [-0.1, -0.05) is 105 Å². The van der Waals surface area contributed by atoms with E-state index in [4.69, 9.17) is 46.8 Å². The summed E-state index contributed by atoms with van der Waals surface area (Å²) in [6, 6.07) is 35.9. The molecule has 1 aliphatic rings. The summed E-state index contributed by atoms with van der Waals surface area (Å²) in [4.78, 5) is 21.3. The third-order valence-electron chi connectivity index (χ3n) is 13.8. The molecule has 3 atom stereocenters. The van der Waals surface area contributed by atoms with E-state index < -0.39 is 0 Å². The number of aliphatic hydroxyl groups excluding tert-OH is 4. The number of rotatable bonds is 26. The lowest BCUT2D eigenvalue weighted by atomic mass is 10.0. The molecule has 9 aromatic rings. The standard InChI is InChI=1S/C22H29N5O2.C19H25N5O2.C16H19N5.C4H10O2.C2H2.CH2O/c1-15(29-14-18(9-10-28)17-7-8-17)19-13-25-27-21(11-20(23)26-22(19)27)24-12-16-5-3-2-4-6-16;1-14(26-10-6-5-9-25)16-13-22-24-18(11-17(20)23-19(16)24)21-12-15-7-3-2-4-8-15;1-11(2)13-10-19-21-15(8-14(17)20-16(13)21)18-9-12-6-4-3-5-7-12;5-3-1-2-4-6;2*1-2/h2-6,11,13,15,17-18,24,28H,7-10,12,14H2,1H3,(H2,23,26);2-4,7-8,11,13-14,21,25H,5-6,9-10,12H2,1H3,(H2,20,23);3-8,10-11,18H,9H2,1-2H3,(H2,17,20);5-6H,1-4H2;1-2H;1H2. The van der Waals surface area contributed by atoms with Gasteiger partial charge in [0.05, 0.1) is 37.4 Å². The summed E-state index contributed by atoms with van der Waals surface area (Å²) in [6.45, 7) is 14.3. The second-order valence-electron chi connectivity index (χ2n) is 20.6. The summed E-state index contributed by atoms with van der Waals surface area (Å²) < 4.78 is 17.3. The van der Waals surface area contributed by atoms with Gasteiger partial charge in [0.1, 0.15) is 41.7 Å². The average molecular weight is 1180 g/mol. The van der Waals surface area contributed by atoms with Crippen molar-refractivity contribution in [2.45, 2.75) is 110 Å². The smallest absolute Gasteiger partial charge is 0.165 e. The molecule has 6 aromatic heterocycles. The highest BCUT2D eigenvalue weighted by atomic mass is 16.5. The van der Waals surface area contributed by atoms with E-state index in [9.17, 15) is 5.11 Å². The number of hydrogen-bond acceptors (Lipinski definition) is 19. The number of nitrogens with one attached hydrogen (secondary N) is 3. The van der Waals surface area contributed by atoms with Crippen molar-refractivity contribution in [3.8, 4) is 12.8 Å². The molecule has 460 valence electrons. The van der Waals surface area contributed by atoms with Crippen LogP contribution in [0.3, 0.4) is 0 Å². The molecule has 0 saturated heterocycles. The Morgan fingerprint density at radius 1 is 0.535 bits per heavy atom. The number of hydrogen-bond donors (Lipinski definition) is 10. The van der Waals surface area contributed by atoms with Crippen molar-refractivity contribution in [2.75, 3.05) is 72.8 Å². The Morgan fingerprint density at radius 3 is 1.23 bits per heavy atom. The molecular weight excluding hydrogens is 1090 g/mol. The van der Waals surface area contributed by atoms with Gasteiger partial charge in [-0.2, -0.15) is 28.8 Å². The van der Waals surface area contributed by atoms with Crippen LogP contribution >= 0.6 is 0 Å². The fourth-order valence-corrected chi connectivity index (χ4v) is 9.05. The molecule has 1 fully saturated rings. The first-order chi connectivity index (χ1) is 41.9. The fourth-order valence-electron chi connectivity index (χ4n) is 9.05. The molecular formula is C64H87N15O7. The lowest BCUT2D eigenvalue weighted by Gasteiger charge is -2.19. The number of nitrogens with two attached hydrogens (primary N) is 3. The molecule has 0 bridgehead atoms. The van der Waals surface area contributed by atoms with Crippen LogP contribution in [0.1, 0.15) is 124 Å². The number of carbonyl (C=O) groups excluding carboxylic acids is 1. The van der Waals surface area contributed by atoms with E-state index in [1.807, 2.05) is 92.0 Å². The fraction of sp³-hybridized carbons (Fsp3) is 0.391. The maximum absolute atomic E-state index is 9.30. The molecule has 6 heterocycles. The molecule has 86 heavy (non-hydrogen) atoms. The van der Waals surface area contributed by atoms with Gasteiger partial charge in [-0.05, 0) is 93.2 Å². The largest absolute Gasteiger partial charge is 0.396 e.